The van der Waals surface area contributed by atoms with E-state index in [4.69, 9.17) is 0 Å². The number of hydrogen-bond acceptors (Lipinski definition) is 0. The van der Waals surface area contributed by atoms with Crippen molar-refractivity contribution in [2.75, 3.05) is 0 Å². The highest BCUT2D eigenvalue weighted by atomic mass is 14.8. The second-order valence-electron chi connectivity index (χ2n) is 9.89. The Balaban J connectivity index is 1.91. The molecule has 0 aliphatic heterocycles. The van der Waals surface area contributed by atoms with Crippen LogP contribution in [0.2, 0.25) is 0 Å². The zero-order chi connectivity index (χ0) is 15.0. The van der Waals surface area contributed by atoms with Gasteiger partial charge in [0, 0.05) is 0 Å². The zero-order valence-corrected chi connectivity index (χ0v) is 15.0. The molecule has 1 unspecified atom stereocenters. The highest BCUT2D eigenvalue weighted by molar-refractivity contribution is 5.23. The lowest BCUT2D eigenvalue weighted by Crippen LogP contribution is -2.61. The molecule has 0 nitrogen and oxygen atoms in total. The van der Waals surface area contributed by atoms with E-state index in [0.717, 1.165) is 23.2 Å². The van der Waals surface area contributed by atoms with Crippen molar-refractivity contribution in [1.29, 1.82) is 0 Å². The molecular weight excluding hydrogens is 240 g/mol. The smallest absolute Gasteiger partial charge is 0.0202 e. The minimum Gasteiger partial charge on any atom is -0.0651 e. The van der Waals surface area contributed by atoms with Crippen molar-refractivity contribution in [1.82, 2.24) is 0 Å². The molecule has 0 N–H and O–H groups in total. The number of fused-ring (bicyclic) bond motifs is 1. The molecule has 0 aromatic heterocycles. The van der Waals surface area contributed by atoms with Crippen molar-refractivity contribution in [3.05, 3.63) is 0 Å². The van der Waals surface area contributed by atoms with Crippen LogP contribution in [0.15, 0.2) is 0 Å². The summed E-state index contributed by atoms with van der Waals surface area (Å²) in [5, 5.41) is 0. The predicted octanol–water partition coefficient (Wildman–Crippen LogP) is 6.30. The van der Waals surface area contributed by atoms with Crippen molar-refractivity contribution in [2.45, 2.75) is 87.0 Å². The van der Waals surface area contributed by atoms with Crippen molar-refractivity contribution in [3.8, 4) is 0 Å². The summed E-state index contributed by atoms with van der Waals surface area (Å²) in [7, 11) is 0. The van der Waals surface area contributed by atoms with Crippen LogP contribution < -0.4 is 0 Å². The first kappa shape index (κ1) is 14.9. The molecule has 0 aromatic rings. The third-order valence-corrected chi connectivity index (χ3v) is 8.95. The lowest BCUT2D eigenvalue weighted by atomic mass is 9.36. The Bertz CT molecular complexity index is 408. The van der Waals surface area contributed by atoms with Gasteiger partial charge in [0.15, 0.2) is 0 Å². The molecule has 0 amide bonds. The molecule has 0 bridgehead atoms. The first-order valence-electron chi connectivity index (χ1n) is 9.15. The van der Waals surface area contributed by atoms with E-state index in [1.165, 1.54) is 25.7 Å². The van der Waals surface area contributed by atoms with E-state index >= 15 is 0 Å². The second-order valence-corrected chi connectivity index (χ2v) is 9.89. The van der Waals surface area contributed by atoms with E-state index in [0.29, 0.717) is 16.2 Å². The van der Waals surface area contributed by atoms with Gasteiger partial charge in [-0.25, -0.2) is 0 Å². The maximum absolute atomic E-state index is 2.62. The summed E-state index contributed by atoms with van der Waals surface area (Å²) < 4.78 is 0. The lowest BCUT2D eigenvalue weighted by molar-refractivity contribution is -0.200. The number of hydrogen-bond donors (Lipinski definition) is 0. The number of rotatable bonds is 4. The van der Waals surface area contributed by atoms with Crippen LogP contribution in [0.4, 0.5) is 0 Å². The first-order chi connectivity index (χ1) is 9.15. The summed E-state index contributed by atoms with van der Waals surface area (Å²) in [6.07, 6.45) is 8.85. The largest absolute Gasteiger partial charge is 0.0651 e. The third-order valence-electron chi connectivity index (χ3n) is 8.95. The van der Waals surface area contributed by atoms with Crippen LogP contribution >= 0.6 is 0 Å². The van der Waals surface area contributed by atoms with Gasteiger partial charge in [0.25, 0.3) is 0 Å². The van der Waals surface area contributed by atoms with Crippen molar-refractivity contribution in [3.63, 3.8) is 0 Å². The maximum Gasteiger partial charge on any atom is -0.0202 e. The Labute approximate surface area is 127 Å². The summed E-state index contributed by atoms with van der Waals surface area (Å²) in [5.74, 6) is 2.90. The van der Waals surface area contributed by atoms with Crippen LogP contribution in [-0.4, -0.2) is 0 Å². The fourth-order valence-electron chi connectivity index (χ4n) is 6.48. The first-order valence-corrected chi connectivity index (χ1v) is 9.15. The highest BCUT2D eigenvalue weighted by Crippen LogP contribution is 2.82. The molecule has 3 aliphatic carbocycles. The Hall–Kier alpha value is 0. The topological polar surface area (TPSA) is 0 Å². The molecule has 0 saturated heterocycles. The molecule has 20 heavy (non-hydrogen) atoms. The van der Waals surface area contributed by atoms with Gasteiger partial charge >= 0.3 is 0 Å². The van der Waals surface area contributed by atoms with E-state index in [2.05, 4.69) is 48.5 Å². The molecule has 116 valence electrons. The fourth-order valence-corrected chi connectivity index (χ4v) is 6.48. The quantitative estimate of drug-likeness (QED) is 0.565. The Morgan fingerprint density at radius 3 is 2.20 bits per heavy atom. The Kier molecular flexibility index (Phi) is 3.02. The van der Waals surface area contributed by atoms with E-state index in [1.54, 1.807) is 12.8 Å². The van der Waals surface area contributed by atoms with Gasteiger partial charge in [-0.3, -0.25) is 0 Å². The van der Waals surface area contributed by atoms with Gasteiger partial charge in [-0.15, -0.1) is 0 Å². The average Bonchev–Trinajstić information content (AvgIpc) is 2.92. The van der Waals surface area contributed by atoms with E-state index in [-0.39, 0.29) is 0 Å². The molecule has 6 atom stereocenters. The summed E-state index contributed by atoms with van der Waals surface area (Å²) >= 11 is 0. The normalized spacial score (nSPS) is 51.8. The lowest BCUT2D eigenvalue weighted by Gasteiger charge is -2.69. The zero-order valence-electron chi connectivity index (χ0n) is 15.0. The Morgan fingerprint density at radius 2 is 1.75 bits per heavy atom. The van der Waals surface area contributed by atoms with Gasteiger partial charge in [-0.05, 0) is 65.1 Å². The third kappa shape index (κ3) is 1.60. The fraction of sp³-hybridized carbons (Fsp3) is 1.00. The minimum atomic E-state index is 0.524. The van der Waals surface area contributed by atoms with Gasteiger partial charge in [0.05, 0.1) is 0 Å². The van der Waals surface area contributed by atoms with Gasteiger partial charge < -0.3 is 0 Å². The monoisotopic (exact) mass is 276 g/mol. The van der Waals surface area contributed by atoms with Crippen LogP contribution in [0.25, 0.3) is 0 Å². The van der Waals surface area contributed by atoms with Crippen molar-refractivity contribution >= 4 is 0 Å². The molecule has 3 saturated carbocycles. The van der Waals surface area contributed by atoms with Crippen molar-refractivity contribution < 1.29 is 0 Å². The Morgan fingerprint density at radius 1 is 1.10 bits per heavy atom. The maximum atomic E-state index is 2.62. The molecule has 0 aromatic carbocycles. The summed E-state index contributed by atoms with van der Waals surface area (Å²) in [4.78, 5) is 0. The molecule has 3 aliphatic rings. The van der Waals surface area contributed by atoms with Gasteiger partial charge in [0.2, 0.25) is 0 Å². The SMILES string of the molecule is CC[C@H](C)C(C)(C)[C@@H]1C[C@@](C)(CC)[C@@]12CC1C[C@@]1(C)C2. The van der Waals surface area contributed by atoms with Crippen LogP contribution in [0.1, 0.15) is 87.0 Å². The van der Waals surface area contributed by atoms with Gasteiger partial charge in [-0.2, -0.15) is 0 Å². The molecule has 3 fully saturated rings. The van der Waals surface area contributed by atoms with Gasteiger partial charge in [0.1, 0.15) is 0 Å². The molecule has 1 spiro atoms. The molecule has 3 rings (SSSR count). The molecule has 0 heterocycles. The summed E-state index contributed by atoms with van der Waals surface area (Å²) in [6.45, 7) is 17.7. The van der Waals surface area contributed by atoms with E-state index in [9.17, 15) is 0 Å². The van der Waals surface area contributed by atoms with Crippen molar-refractivity contribution in [2.24, 2.45) is 39.4 Å². The molecule has 0 heteroatoms. The predicted molar refractivity (Wildman–Crippen MR) is 87.6 cm³/mol. The standard InChI is InChI=1S/C20H36/c1-8-14(3)17(4,5)16-12-19(7,9-2)20(16)11-15-10-18(15,6)13-20/h14-16H,8-13H2,1-7H3/t14-,15?,16-,18-,19+,20+/m0/s1. The second kappa shape index (κ2) is 4.05. The van der Waals surface area contributed by atoms with Crippen LogP contribution in [0.5, 0.6) is 0 Å². The molecule has 0 radical (unpaired) electrons. The summed E-state index contributed by atoms with van der Waals surface area (Å²) in [5.41, 5.74) is 2.59. The van der Waals surface area contributed by atoms with E-state index in [1.807, 2.05) is 0 Å². The van der Waals surface area contributed by atoms with Crippen LogP contribution in [0, 0.1) is 39.4 Å². The summed E-state index contributed by atoms with van der Waals surface area (Å²) in [6, 6.07) is 0. The van der Waals surface area contributed by atoms with Gasteiger partial charge in [-0.1, -0.05) is 61.3 Å². The minimum absolute atomic E-state index is 0.524. The van der Waals surface area contributed by atoms with Crippen LogP contribution in [0.3, 0.4) is 0 Å². The van der Waals surface area contributed by atoms with Crippen LogP contribution in [-0.2, 0) is 0 Å². The molecular formula is C20H36. The highest BCUT2D eigenvalue weighted by Gasteiger charge is 2.74. The average molecular weight is 277 g/mol. The van der Waals surface area contributed by atoms with E-state index < -0.39 is 0 Å².